The van der Waals surface area contributed by atoms with Gasteiger partial charge in [-0.1, -0.05) is 13.0 Å². The Morgan fingerprint density at radius 1 is 1.00 bits per heavy atom. The number of nitrogens with one attached hydrogen (secondary N) is 2. The lowest BCUT2D eigenvalue weighted by Gasteiger charge is -2.34. The van der Waals surface area contributed by atoms with Crippen molar-refractivity contribution < 1.29 is 14.0 Å². The zero-order valence-electron chi connectivity index (χ0n) is 16.6. The number of halogens is 1. The normalized spacial score (nSPS) is 23.9. The highest BCUT2D eigenvalue weighted by Crippen LogP contribution is 2.23. The van der Waals surface area contributed by atoms with Crippen LogP contribution in [0.2, 0.25) is 0 Å². The number of piperazine rings is 1. The highest BCUT2D eigenvalue weighted by atomic mass is 19.1. The standard InChI is InChI=1S/C21H31FN4O2/c1-16-5-7-18(8-6-16)23-20(27)14-25-9-11-26(12-10-25)15-21(28)24-19-4-2-3-17(22)13-19/h2-4,13,16,18H,5-12,14-15H2,1H3,(H,23,27)(H,24,28). The van der Waals surface area contributed by atoms with E-state index in [2.05, 4.69) is 27.4 Å². The molecule has 1 aliphatic heterocycles. The van der Waals surface area contributed by atoms with Crippen molar-refractivity contribution in [2.75, 3.05) is 44.6 Å². The monoisotopic (exact) mass is 390 g/mol. The molecule has 154 valence electrons. The summed E-state index contributed by atoms with van der Waals surface area (Å²) in [5.41, 5.74) is 0.470. The molecule has 1 saturated carbocycles. The van der Waals surface area contributed by atoms with E-state index in [1.165, 1.54) is 25.0 Å². The third-order valence-electron chi connectivity index (χ3n) is 5.69. The largest absolute Gasteiger partial charge is 0.352 e. The predicted molar refractivity (Wildman–Crippen MR) is 107 cm³/mol. The number of hydrogen-bond donors (Lipinski definition) is 2. The van der Waals surface area contributed by atoms with Gasteiger partial charge in [-0.2, -0.15) is 0 Å². The van der Waals surface area contributed by atoms with E-state index in [9.17, 15) is 14.0 Å². The van der Waals surface area contributed by atoms with Gasteiger partial charge in [0.1, 0.15) is 5.82 Å². The fourth-order valence-electron chi connectivity index (χ4n) is 3.96. The van der Waals surface area contributed by atoms with Crippen molar-refractivity contribution in [2.24, 2.45) is 5.92 Å². The molecule has 2 N–H and O–H groups in total. The van der Waals surface area contributed by atoms with Crippen molar-refractivity contribution in [1.29, 1.82) is 0 Å². The van der Waals surface area contributed by atoms with Crippen molar-refractivity contribution in [3.8, 4) is 0 Å². The topological polar surface area (TPSA) is 64.7 Å². The molecular weight excluding hydrogens is 359 g/mol. The summed E-state index contributed by atoms with van der Waals surface area (Å²) in [6.07, 6.45) is 4.56. The van der Waals surface area contributed by atoms with E-state index >= 15 is 0 Å². The zero-order chi connectivity index (χ0) is 19.9. The first-order valence-electron chi connectivity index (χ1n) is 10.3. The van der Waals surface area contributed by atoms with E-state index in [1.807, 2.05) is 0 Å². The van der Waals surface area contributed by atoms with Crippen LogP contribution in [0.5, 0.6) is 0 Å². The summed E-state index contributed by atoms with van der Waals surface area (Å²) < 4.78 is 13.2. The molecule has 2 aliphatic rings. The third kappa shape index (κ3) is 6.56. The summed E-state index contributed by atoms with van der Waals surface area (Å²) in [6, 6.07) is 6.23. The van der Waals surface area contributed by atoms with E-state index in [4.69, 9.17) is 0 Å². The second-order valence-corrected chi connectivity index (χ2v) is 8.14. The summed E-state index contributed by atoms with van der Waals surface area (Å²) in [4.78, 5) is 28.6. The average Bonchev–Trinajstić information content (AvgIpc) is 2.65. The van der Waals surface area contributed by atoms with Crippen LogP contribution in [0.1, 0.15) is 32.6 Å². The fraction of sp³-hybridized carbons (Fsp3) is 0.619. The lowest BCUT2D eigenvalue weighted by Crippen LogP contribution is -2.52. The van der Waals surface area contributed by atoms with Gasteiger partial charge in [0.05, 0.1) is 13.1 Å². The van der Waals surface area contributed by atoms with Gasteiger partial charge in [0.15, 0.2) is 0 Å². The Bertz CT molecular complexity index is 668. The van der Waals surface area contributed by atoms with E-state index < -0.39 is 0 Å². The minimum atomic E-state index is -0.368. The third-order valence-corrected chi connectivity index (χ3v) is 5.69. The lowest BCUT2D eigenvalue weighted by atomic mass is 9.87. The smallest absolute Gasteiger partial charge is 0.238 e. The van der Waals surface area contributed by atoms with Crippen LogP contribution in [0.4, 0.5) is 10.1 Å². The first-order valence-corrected chi connectivity index (χ1v) is 10.3. The van der Waals surface area contributed by atoms with Crippen LogP contribution in [0.3, 0.4) is 0 Å². The molecule has 0 atom stereocenters. The Morgan fingerprint density at radius 2 is 1.61 bits per heavy atom. The van der Waals surface area contributed by atoms with Crippen LogP contribution < -0.4 is 10.6 Å². The fourth-order valence-corrected chi connectivity index (χ4v) is 3.96. The highest BCUT2D eigenvalue weighted by Gasteiger charge is 2.23. The Kier molecular flexibility index (Phi) is 7.39. The maximum Gasteiger partial charge on any atom is 0.238 e. The van der Waals surface area contributed by atoms with Gasteiger partial charge in [0.2, 0.25) is 11.8 Å². The van der Waals surface area contributed by atoms with Gasteiger partial charge < -0.3 is 10.6 Å². The predicted octanol–water partition coefficient (Wildman–Crippen LogP) is 2.08. The summed E-state index contributed by atoms with van der Waals surface area (Å²) >= 11 is 0. The Morgan fingerprint density at radius 3 is 2.21 bits per heavy atom. The molecule has 0 bridgehead atoms. The molecule has 28 heavy (non-hydrogen) atoms. The molecule has 6 nitrogen and oxygen atoms in total. The van der Waals surface area contributed by atoms with Gasteiger partial charge in [-0.3, -0.25) is 19.4 Å². The van der Waals surface area contributed by atoms with Crippen molar-refractivity contribution >= 4 is 17.5 Å². The maximum absolute atomic E-state index is 13.2. The SMILES string of the molecule is CC1CCC(NC(=O)CN2CCN(CC(=O)Nc3cccc(F)c3)CC2)CC1. The van der Waals surface area contributed by atoms with E-state index in [-0.39, 0.29) is 24.2 Å². The Hall–Kier alpha value is -1.99. The van der Waals surface area contributed by atoms with Crippen LogP contribution in [0.25, 0.3) is 0 Å². The average molecular weight is 391 g/mol. The van der Waals surface area contributed by atoms with Gasteiger partial charge in [-0.25, -0.2) is 4.39 Å². The molecule has 1 aromatic carbocycles. The molecule has 1 aromatic rings. The second kappa shape index (κ2) is 9.98. The molecule has 3 rings (SSSR count). The van der Waals surface area contributed by atoms with E-state index in [0.29, 0.717) is 18.3 Å². The Labute approximate surface area is 166 Å². The van der Waals surface area contributed by atoms with Crippen LogP contribution in [0.15, 0.2) is 24.3 Å². The van der Waals surface area contributed by atoms with Crippen molar-refractivity contribution in [3.63, 3.8) is 0 Å². The van der Waals surface area contributed by atoms with E-state index in [0.717, 1.165) is 44.9 Å². The second-order valence-electron chi connectivity index (χ2n) is 8.14. The number of carbonyl (C=O) groups is 2. The maximum atomic E-state index is 13.2. The molecule has 1 aliphatic carbocycles. The molecular formula is C21H31FN4O2. The number of carbonyl (C=O) groups excluding carboxylic acids is 2. The van der Waals surface area contributed by atoms with Gasteiger partial charge in [-0.15, -0.1) is 0 Å². The van der Waals surface area contributed by atoms with Crippen LogP contribution in [0, 0.1) is 11.7 Å². The summed E-state index contributed by atoms with van der Waals surface area (Å²) in [7, 11) is 0. The van der Waals surface area contributed by atoms with Crippen LogP contribution in [-0.4, -0.2) is 66.9 Å². The molecule has 1 saturated heterocycles. The Balaban J connectivity index is 1.33. The number of nitrogens with zero attached hydrogens (tertiary/aromatic N) is 2. The van der Waals surface area contributed by atoms with Gasteiger partial charge >= 0.3 is 0 Å². The molecule has 0 radical (unpaired) electrons. The van der Waals surface area contributed by atoms with Gasteiger partial charge in [-0.05, 0) is 49.8 Å². The summed E-state index contributed by atoms with van der Waals surface area (Å²) in [6.45, 7) is 5.99. The van der Waals surface area contributed by atoms with Crippen LogP contribution in [-0.2, 0) is 9.59 Å². The molecule has 2 amide bonds. The highest BCUT2D eigenvalue weighted by molar-refractivity contribution is 5.92. The quantitative estimate of drug-likeness (QED) is 0.781. The van der Waals surface area contributed by atoms with Crippen LogP contribution >= 0.6 is 0 Å². The number of benzene rings is 1. The lowest BCUT2D eigenvalue weighted by molar-refractivity contribution is -0.124. The minimum absolute atomic E-state index is 0.108. The van der Waals surface area contributed by atoms with Gasteiger partial charge in [0, 0.05) is 37.9 Å². The first-order chi connectivity index (χ1) is 13.5. The molecule has 1 heterocycles. The van der Waals surface area contributed by atoms with Crippen molar-refractivity contribution in [3.05, 3.63) is 30.1 Å². The first kappa shape index (κ1) is 20.7. The molecule has 0 aromatic heterocycles. The molecule has 7 heteroatoms. The minimum Gasteiger partial charge on any atom is -0.352 e. The number of rotatable bonds is 6. The molecule has 0 spiro atoms. The summed E-state index contributed by atoms with van der Waals surface area (Å²) in [5, 5.41) is 5.90. The van der Waals surface area contributed by atoms with Crippen molar-refractivity contribution in [2.45, 2.75) is 38.6 Å². The zero-order valence-corrected chi connectivity index (χ0v) is 16.6. The summed E-state index contributed by atoms with van der Waals surface area (Å²) in [5.74, 6) is 0.368. The molecule has 0 unspecified atom stereocenters. The number of amides is 2. The number of hydrogen-bond acceptors (Lipinski definition) is 4. The molecule has 2 fully saturated rings. The van der Waals surface area contributed by atoms with E-state index in [1.54, 1.807) is 12.1 Å². The number of anilines is 1. The van der Waals surface area contributed by atoms with Gasteiger partial charge in [0.25, 0.3) is 0 Å². The van der Waals surface area contributed by atoms with Crippen molar-refractivity contribution in [1.82, 2.24) is 15.1 Å².